The first-order chi connectivity index (χ1) is 10.1. The Kier molecular flexibility index (Phi) is 3.81. The molecule has 1 aromatic rings. The molecule has 2 amide bonds. The van der Waals surface area contributed by atoms with Crippen LogP contribution in [0, 0.1) is 6.92 Å². The zero-order chi connectivity index (χ0) is 14.8. The number of carbonyl (C=O) groups is 2. The molecule has 2 fully saturated rings. The Hall–Kier alpha value is -2.05. The van der Waals surface area contributed by atoms with Gasteiger partial charge in [0.1, 0.15) is 12.4 Å². The SMILES string of the molecule is Cc1nccn1CCCC(=O)N1CCN2C(=O)OC[C@@H]2C1. The molecule has 3 rings (SSSR count). The molecule has 114 valence electrons. The molecule has 0 aliphatic carbocycles. The van der Waals surface area contributed by atoms with Crippen LogP contribution in [0.5, 0.6) is 0 Å². The van der Waals surface area contributed by atoms with E-state index in [-0.39, 0.29) is 18.0 Å². The van der Waals surface area contributed by atoms with Crippen molar-refractivity contribution in [1.29, 1.82) is 0 Å². The van der Waals surface area contributed by atoms with E-state index in [1.165, 1.54) is 0 Å². The molecule has 2 saturated heterocycles. The number of nitrogens with zero attached hydrogens (tertiary/aromatic N) is 4. The molecule has 0 aromatic carbocycles. The van der Waals surface area contributed by atoms with E-state index in [0.717, 1.165) is 18.8 Å². The molecular weight excluding hydrogens is 272 g/mol. The number of fused-ring (bicyclic) bond motifs is 1. The molecular formula is C14H20N4O3. The van der Waals surface area contributed by atoms with Crippen LogP contribution in [-0.4, -0.2) is 63.6 Å². The Labute approximate surface area is 123 Å². The molecule has 7 heteroatoms. The summed E-state index contributed by atoms with van der Waals surface area (Å²) in [7, 11) is 0. The molecule has 0 unspecified atom stereocenters. The molecule has 1 atom stereocenters. The molecule has 3 heterocycles. The second-order valence-electron chi connectivity index (χ2n) is 5.54. The summed E-state index contributed by atoms with van der Waals surface area (Å²) in [6.45, 7) is 4.94. The van der Waals surface area contributed by atoms with Crippen LogP contribution in [-0.2, 0) is 16.1 Å². The second-order valence-corrected chi connectivity index (χ2v) is 5.54. The lowest BCUT2D eigenvalue weighted by Crippen LogP contribution is -2.53. The number of hydrogen-bond donors (Lipinski definition) is 0. The third-order valence-corrected chi connectivity index (χ3v) is 4.18. The molecule has 1 aromatic heterocycles. The van der Waals surface area contributed by atoms with E-state index in [1.807, 2.05) is 18.0 Å². The van der Waals surface area contributed by atoms with Crippen molar-refractivity contribution in [3.05, 3.63) is 18.2 Å². The molecule has 0 saturated carbocycles. The van der Waals surface area contributed by atoms with E-state index in [9.17, 15) is 9.59 Å². The van der Waals surface area contributed by atoms with E-state index in [1.54, 1.807) is 11.1 Å². The lowest BCUT2D eigenvalue weighted by molar-refractivity contribution is -0.133. The summed E-state index contributed by atoms with van der Waals surface area (Å²) < 4.78 is 7.06. The highest BCUT2D eigenvalue weighted by Crippen LogP contribution is 2.18. The summed E-state index contributed by atoms with van der Waals surface area (Å²) in [5, 5.41) is 0. The molecule has 0 bridgehead atoms. The lowest BCUT2D eigenvalue weighted by Gasteiger charge is -2.35. The highest BCUT2D eigenvalue weighted by atomic mass is 16.6. The number of piperazine rings is 1. The predicted octanol–water partition coefficient (Wildman–Crippen LogP) is 0.635. The maximum Gasteiger partial charge on any atom is 0.410 e. The molecule has 0 radical (unpaired) electrons. The number of hydrogen-bond acceptors (Lipinski definition) is 4. The van der Waals surface area contributed by atoms with Gasteiger partial charge in [0.25, 0.3) is 0 Å². The topological polar surface area (TPSA) is 67.7 Å². The number of cyclic esters (lactones) is 1. The first-order valence-corrected chi connectivity index (χ1v) is 7.34. The van der Waals surface area contributed by atoms with Gasteiger partial charge in [-0.15, -0.1) is 0 Å². The van der Waals surface area contributed by atoms with Crippen LogP contribution in [0.1, 0.15) is 18.7 Å². The third-order valence-electron chi connectivity index (χ3n) is 4.18. The Balaban J connectivity index is 1.46. The largest absolute Gasteiger partial charge is 0.447 e. The van der Waals surface area contributed by atoms with Gasteiger partial charge >= 0.3 is 6.09 Å². The molecule has 21 heavy (non-hydrogen) atoms. The summed E-state index contributed by atoms with van der Waals surface area (Å²) in [6, 6.07) is 0.0334. The Morgan fingerprint density at radius 3 is 3.10 bits per heavy atom. The minimum atomic E-state index is -0.248. The van der Waals surface area contributed by atoms with Crippen LogP contribution >= 0.6 is 0 Å². The van der Waals surface area contributed by atoms with Crippen LogP contribution in [0.4, 0.5) is 4.79 Å². The van der Waals surface area contributed by atoms with Crippen LogP contribution < -0.4 is 0 Å². The molecule has 2 aliphatic rings. The van der Waals surface area contributed by atoms with Crippen LogP contribution in [0.3, 0.4) is 0 Å². The van der Waals surface area contributed by atoms with Gasteiger partial charge in [0.05, 0.1) is 6.04 Å². The highest BCUT2D eigenvalue weighted by molar-refractivity contribution is 5.77. The van der Waals surface area contributed by atoms with Gasteiger partial charge in [-0.2, -0.15) is 0 Å². The lowest BCUT2D eigenvalue weighted by atomic mass is 10.1. The minimum Gasteiger partial charge on any atom is -0.447 e. The number of aromatic nitrogens is 2. The van der Waals surface area contributed by atoms with Crippen LogP contribution in [0.2, 0.25) is 0 Å². The quantitative estimate of drug-likeness (QED) is 0.816. The van der Waals surface area contributed by atoms with Gasteiger partial charge in [0.15, 0.2) is 0 Å². The maximum absolute atomic E-state index is 12.2. The second kappa shape index (κ2) is 5.75. The average Bonchev–Trinajstić information content (AvgIpc) is 3.05. The smallest absolute Gasteiger partial charge is 0.410 e. The summed E-state index contributed by atoms with van der Waals surface area (Å²) >= 11 is 0. The fourth-order valence-corrected chi connectivity index (χ4v) is 2.91. The van der Waals surface area contributed by atoms with E-state index < -0.39 is 0 Å². The van der Waals surface area contributed by atoms with Crippen molar-refractivity contribution in [2.45, 2.75) is 32.4 Å². The van der Waals surface area contributed by atoms with Gasteiger partial charge in [-0.05, 0) is 13.3 Å². The van der Waals surface area contributed by atoms with Gasteiger partial charge < -0.3 is 14.2 Å². The van der Waals surface area contributed by atoms with Crippen molar-refractivity contribution in [3.8, 4) is 0 Å². The first kappa shape index (κ1) is 13.9. The van der Waals surface area contributed by atoms with E-state index in [0.29, 0.717) is 32.7 Å². The minimum absolute atomic E-state index is 0.0334. The van der Waals surface area contributed by atoms with E-state index in [2.05, 4.69) is 9.55 Å². The van der Waals surface area contributed by atoms with Crippen LogP contribution in [0.15, 0.2) is 12.4 Å². The van der Waals surface area contributed by atoms with Crippen molar-refractivity contribution in [3.63, 3.8) is 0 Å². The monoisotopic (exact) mass is 292 g/mol. The fraction of sp³-hybridized carbons (Fsp3) is 0.643. The predicted molar refractivity (Wildman–Crippen MR) is 74.6 cm³/mol. The average molecular weight is 292 g/mol. The Bertz CT molecular complexity index is 542. The van der Waals surface area contributed by atoms with Gasteiger partial charge in [0.2, 0.25) is 5.91 Å². The Morgan fingerprint density at radius 2 is 2.33 bits per heavy atom. The number of ether oxygens (including phenoxy) is 1. The molecule has 0 N–H and O–H groups in total. The molecule has 7 nitrogen and oxygen atoms in total. The molecule has 2 aliphatic heterocycles. The van der Waals surface area contributed by atoms with Crippen molar-refractivity contribution in [2.75, 3.05) is 26.2 Å². The van der Waals surface area contributed by atoms with Crippen molar-refractivity contribution in [1.82, 2.24) is 19.4 Å². The molecule has 0 spiro atoms. The zero-order valence-corrected chi connectivity index (χ0v) is 12.2. The van der Waals surface area contributed by atoms with Gasteiger partial charge in [-0.3, -0.25) is 9.69 Å². The van der Waals surface area contributed by atoms with Crippen molar-refractivity contribution >= 4 is 12.0 Å². The van der Waals surface area contributed by atoms with Crippen molar-refractivity contribution < 1.29 is 14.3 Å². The number of rotatable bonds is 4. The summed E-state index contributed by atoms with van der Waals surface area (Å²) in [6.07, 6.45) is 4.78. The first-order valence-electron chi connectivity index (χ1n) is 7.34. The van der Waals surface area contributed by atoms with Gasteiger partial charge in [-0.25, -0.2) is 9.78 Å². The highest BCUT2D eigenvalue weighted by Gasteiger charge is 2.38. The fourth-order valence-electron chi connectivity index (χ4n) is 2.91. The van der Waals surface area contributed by atoms with Gasteiger partial charge in [-0.1, -0.05) is 0 Å². The van der Waals surface area contributed by atoms with Gasteiger partial charge in [0, 0.05) is 45.0 Å². The number of aryl methyl sites for hydroxylation is 2. The standard InChI is InChI=1S/C14H20N4O3/c1-11-15-4-6-16(11)5-2-3-13(19)17-7-8-18-12(9-17)10-21-14(18)20/h4,6,12H,2-3,5,7-10H2,1H3/t12-/m0/s1. The third kappa shape index (κ3) is 2.86. The number of carbonyl (C=O) groups excluding carboxylic acids is 2. The zero-order valence-electron chi connectivity index (χ0n) is 12.2. The van der Waals surface area contributed by atoms with Crippen molar-refractivity contribution in [2.24, 2.45) is 0 Å². The van der Waals surface area contributed by atoms with Crippen LogP contribution in [0.25, 0.3) is 0 Å². The summed E-state index contributed by atoms with van der Waals surface area (Å²) in [5.74, 6) is 1.13. The normalized spacial score (nSPS) is 21.4. The van der Waals surface area contributed by atoms with E-state index >= 15 is 0 Å². The maximum atomic E-state index is 12.2. The Morgan fingerprint density at radius 1 is 1.48 bits per heavy atom. The number of amides is 2. The van der Waals surface area contributed by atoms with E-state index in [4.69, 9.17) is 4.74 Å². The summed E-state index contributed by atoms with van der Waals surface area (Å²) in [4.78, 5) is 31.4. The summed E-state index contributed by atoms with van der Waals surface area (Å²) in [5.41, 5.74) is 0. The number of imidazole rings is 1.